The van der Waals surface area contributed by atoms with Crippen LogP contribution in [0, 0.1) is 0 Å². The molecule has 18 heavy (non-hydrogen) atoms. The molecule has 1 heterocycles. The summed E-state index contributed by atoms with van der Waals surface area (Å²) in [5.74, 6) is -1.57. The number of nitrogens with zero attached hydrogens (tertiary/aromatic N) is 1. The summed E-state index contributed by atoms with van der Waals surface area (Å²) in [5.41, 5.74) is 0. The highest BCUT2D eigenvalue weighted by molar-refractivity contribution is 7.72. The van der Waals surface area contributed by atoms with E-state index >= 15 is 0 Å². The lowest BCUT2D eigenvalue weighted by Crippen LogP contribution is -2.28. The van der Waals surface area contributed by atoms with Crippen molar-refractivity contribution in [2.75, 3.05) is 5.32 Å². The SMILES string of the molecule is O=C(Nc1ccccn1)C(P(=O)(O)O)P(=O)(O)O. The molecule has 11 heteroatoms. The maximum absolute atomic E-state index is 11.5. The number of carbonyl (C=O) groups is 1. The second-order valence-electron chi connectivity index (χ2n) is 3.26. The van der Waals surface area contributed by atoms with Gasteiger partial charge in [0.1, 0.15) is 5.82 Å². The largest absolute Gasteiger partial charge is 0.350 e. The molecule has 1 aromatic heterocycles. The maximum atomic E-state index is 11.5. The molecule has 0 atom stereocenters. The summed E-state index contributed by atoms with van der Waals surface area (Å²) in [6, 6.07) is 4.31. The average Bonchev–Trinajstić information content (AvgIpc) is 2.13. The number of pyridine rings is 1. The lowest BCUT2D eigenvalue weighted by Gasteiger charge is -2.18. The quantitative estimate of drug-likeness (QED) is 0.474. The van der Waals surface area contributed by atoms with Crippen LogP contribution in [-0.2, 0) is 13.9 Å². The Hall–Kier alpha value is -1.08. The molecule has 0 fully saturated rings. The normalized spacial score (nSPS) is 12.5. The number of hydrogen-bond acceptors (Lipinski definition) is 4. The first-order valence-electron chi connectivity index (χ1n) is 4.44. The van der Waals surface area contributed by atoms with E-state index in [4.69, 9.17) is 19.6 Å². The molecule has 0 aliphatic carbocycles. The zero-order valence-electron chi connectivity index (χ0n) is 8.74. The van der Waals surface area contributed by atoms with Crippen LogP contribution in [-0.4, -0.2) is 35.9 Å². The first kappa shape index (κ1) is 15.0. The molecule has 100 valence electrons. The van der Waals surface area contributed by atoms with Crippen LogP contribution in [0.2, 0.25) is 0 Å². The van der Waals surface area contributed by atoms with Gasteiger partial charge in [0.2, 0.25) is 5.40 Å². The average molecular weight is 296 g/mol. The van der Waals surface area contributed by atoms with Crippen LogP contribution in [0.15, 0.2) is 24.4 Å². The summed E-state index contributed by atoms with van der Waals surface area (Å²) >= 11 is 0. The minimum absolute atomic E-state index is 0.0746. The van der Waals surface area contributed by atoms with Gasteiger partial charge >= 0.3 is 15.2 Å². The van der Waals surface area contributed by atoms with Crippen LogP contribution in [0.4, 0.5) is 5.82 Å². The van der Waals surface area contributed by atoms with Gasteiger partial charge in [0.15, 0.2) is 0 Å². The topological polar surface area (TPSA) is 157 Å². The Balaban J connectivity index is 2.99. The summed E-state index contributed by atoms with van der Waals surface area (Å²) in [5, 5.41) is -0.823. The zero-order valence-corrected chi connectivity index (χ0v) is 10.5. The van der Waals surface area contributed by atoms with Crippen LogP contribution in [0.3, 0.4) is 0 Å². The second-order valence-corrected chi connectivity index (χ2v) is 7.05. The summed E-state index contributed by atoms with van der Waals surface area (Å²) in [6.45, 7) is 0. The van der Waals surface area contributed by atoms with E-state index in [9.17, 15) is 13.9 Å². The van der Waals surface area contributed by atoms with Crippen LogP contribution in [0.1, 0.15) is 0 Å². The minimum atomic E-state index is -5.29. The summed E-state index contributed by atoms with van der Waals surface area (Å²) in [6.07, 6.45) is 1.29. The van der Waals surface area contributed by atoms with Gasteiger partial charge in [-0.05, 0) is 12.1 Å². The maximum Gasteiger partial charge on any atom is 0.350 e. The third-order valence-electron chi connectivity index (χ3n) is 1.79. The van der Waals surface area contributed by atoms with Crippen LogP contribution in [0.5, 0.6) is 0 Å². The molecule has 9 nitrogen and oxygen atoms in total. The number of rotatable bonds is 4. The van der Waals surface area contributed by atoms with Crippen molar-refractivity contribution in [2.45, 2.75) is 5.40 Å². The number of carbonyl (C=O) groups excluding carboxylic acids is 1. The molecule has 5 N–H and O–H groups in total. The molecular weight excluding hydrogens is 286 g/mol. The van der Waals surface area contributed by atoms with E-state index in [1.807, 2.05) is 5.32 Å². The molecule has 0 aliphatic rings. The molecule has 0 bridgehead atoms. The molecule has 0 radical (unpaired) electrons. The molecule has 1 aromatic rings. The number of aromatic nitrogens is 1. The van der Waals surface area contributed by atoms with Gasteiger partial charge in [-0.25, -0.2) is 4.98 Å². The highest BCUT2D eigenvalue weighted by Crippen LogP contribution is 2.60. The monoisotopic (exact) mass is 296 g/mol. The smallest absolute Gasteiger partial charge is 0.323 e. The number of hydrogen-bond donors (Lipinski definition) is 5. The Morgan fingerprint density at radius 2 is 1.72 bits per heavy atom. The van der Waals surface area contributed by atoms with E-state index in [2.05, 4.69) is 4.98 Å². The molecule has 0 aromatic carbocycles. The van der Waals surface area contributed by atoms with Crippen molar-refractivity contribution in [2.24, 2.45) is 0 Å². The Bertz CT molecular complexity index is 500. The van der Waals surface area contributed by atoms with Crippen LogP contribution in [0.25, 0.3) is 0 Å². The first-order chi connectivity index (χ1) is 8.12. The molecule has 1 rings (SSSR count). The van der Waals surface area contributed by atoms with Crippen LogP contribution < -0.4 is 5.32 Å². The third kappa shape index (κ3) is 3.99. The van der Waals surface area contributed by atoms with Gasteiger partial charge in [0, 0.05) is 6.20 Å². The molecule has 0 unspecified atom stereocenters. The van der Waals surface area contributed by atoms with Crippen LogP contribution >= 0.6 is 15.2 Å². The Morgan fingerprint density at radius 1 is 1.17 bits per heavy atom. The molecule has 0 saturated heterocycles. The first-order valence-corrected chi connectivity index (χ1v) is 7.81. The van der Waals surface area contributed by atoms with Crippen molar-refractivity contribution in [3.8, 4) is 0 Å². The lowest BCUT2D eigenvalue weighted by molar-refractivity contribution is -0.115. The second kappa shape index (κ2) is 5.27. The molecule has 1 amide bonds. The molecule has 0 aliphatic heterocycles. The molecular formula is C7H10N2O7P2. The van der Waals surface area contributed by atoms with Crippen molar-refractivity contribution in [1.82, 2.24) is 4.98 Å². The Kier molecular flexibility index (Phi) is 4.39. The highest BCUT2D eigenvalue weighted by Gasteiger charge is 2.49. The number of anilines is 1. The fraction of sp³-hybridized carbons (Fsp3) is 0.143. The van der Waals surface area contributed by atoms with Crippen molar-refractivity contribution in [3.63, 3.8) is 0 Å². The van der Waals surface area contributed by atoms with E-state index in [1.165, 1.54) is 24.4 Å². The molecule has 0 spiro atoms. The van der Waals surface area contributed by atoms with Crippen molar-refractivity contribution >= 4 is 26.9 Å². The highest BCUT2D eigenvalue weighted by atomic mass is 31.2. The zero-order chi connectivity index (χ0) is 14.0. The van der Waals surface area contributed by atoms with E-state index in [-0.39, 0.29) is 5.82 Å². The predicted octanol–water partition coefficient (Wildman–Crippen LogP) is -0.298. The Labute approximate surface area is 101 Å². The van der Waals surface area contributed by atoms with Gasteiger partial charge in [-0.2, -0.15) is 0 Å². The van der Waals surface area contributed by atoms with E-state index in [0.717, 1.165) is 0 Å². The predicted molar refractivity (Wildman–Crippen MR) is 60.7 cm³/mol. The van der Waals surface area contributed by atoms with Crippen molar-refractivity contribution in [3.05, 3.63) is 24.4 Å². The van der Waals surface area contributed by atoms with Gasteiger partial charge in [-0.15, -0.1) is 0 Å². The van der Waals surface area contributed by atoms with Gasteiger partial charge in [0.25, 0.3) is 5.91 Å². The minimum Gasteiger partial charge on any atom is -0.323 e. The summed E-state index contributed by atoms with van der Waals surface area (Å²) in [4.78, 5) is 50.3. The van der Waals surface area contributed by atoms with E-state index in [0.29, 0.717) is 0 Å². The number of amides is 1. The number of nitrogens with one attached hydrogen (secondary N) is 1. The lowest BCUT2D eigenvalue weighted by atomic mass is 10.4. The van der Waals surface area contributed by atoms with Crippen molar-refractivity contribution < 1.29 is 33.5 Å². The Morgan fingerprint density at radius 3 is 2.11 bits per heavy atom. The van der Waals surface area contributed by atoms with Gasteiger partial charge in [-0.1, -0.05) is 6.07 Å². The fourth-order valence-corrected chi connectivity index (χ4v) is 3.44. The van der Waals surface area contributed by atoms with Crippen molar-refractivity contribution in [1.29, 1.82) is 0 Å². The van der Waals surface area contributed by atoms with E-state index < -0.39 is 26.5 Å². The standard InChI is InChI=1S/C7H10N2O7P2/c10-6(9-5-3-1-2-4-8-5)7(17(11,12)13)18(14,15)16/h1-4,7H,(H,8,9,10)(H2,11,12,13)(H2,14,15,16). The van der Waals surface area contributed by atoms with Gasteiger partial charge in [0.05, 0.1) is 0 Å². The summed E-state index contributed by atoms with van der Waals surface area (Å²) < 4.78 is 21.9. The van der Waals surface area contributed by atoms with E-state index in [1.54, 1.807) is 0 Å². The summed E-state index contributed by atoms with van der Waals surface area (Å²) in [7, 11) is -10.6. The molecule has 0 saturated carbocycles. The van der Waals surface area contributed by atoms with Gasteiger partial charge in [-0.3, -0.25) is 13.9 Å². The fourth-order valence-electron chi connectivity index (χ4n) is 1.13. The van der Waals surface area contributed by atoms with Gasteiger partial charge < -0.3 is 24.9 Å². The third-order valence-corrected chi connectivity index (χ3v) is 5.34.